The second-order valence-corrected chi connectivity index (χ2v) is 12.0. The molecule has 5 rings (SSSR count). The predicted octanol–water partition coefficient (Wildman–Crippen LogP) is 1.03. The number of fused-ring (bicyclic) bond motifs is 3. The number of carbonyl (C=O) groups is 1. The molecule has 0 bridgehead atoms. The van der Waals surface area contributed by atoms with E-state index in [0.717, 1.165) is 24.9 Å². The Balaban J connectivity index is 1.47. The number of amides is 1. The number of ether oxygens (including phenoxy) is 1. The number of nitrogens with zero attached hydrogens (tertiary/aromatic N) is 6. The number of nitrogens with one attached hydrogen (secondary N) is 1. The number of anilines is 1. The maximum Gasteiger partial charge on any atom is 0.263 e. The van der Waals surface area contributed by atoms with Gasteiger partial charge in [-0.05, 0) is 52.1 Å². The lowest BCUT2D eigenvalue weighted by molar-refractivity contribution is 0.0827. The Morgan fingerprint density at radius 1 is 1.28 bits per heavy atom. The summed E-state index contributed by atoms with van der Waals surface area (Å²) in [5.41, 5.74) is 1.43. The number of likely N-dealkylation sites (N-methyl/N-ethyl adjacent to an activating group) is 1. The van der Waals surface area contributed by atoms with Crippen LogP contribution in [-0.4, -0.2) is 91.8 Å². The lowest BCUT2D eigenvalue weighted by atomic mass is 10.1. The fraction of sp³-hybridized carbons (Fsp3) is 0.542. The van der Waals surface area contributed by atoms with Gasteiger partial charge in [-0.2, -0.15) is 5.10 Å². The van der Waals surface area contributed by atoms with Gasteiger partial charge in [0.25, 0.3) is 5.91 Å². The molecule has 2 aromatic rings. The van der Waals surface area contributed by atoms with Crippen molar-refractivity contribution in [2.24, 2.45) is 12.0 Å². The van der Waals surface area contributed by atoms with Crippen LogP contribution in [0.5, 0.6) is 0 Å². The van der Waals surface area contributed by atoms with Gasteiger partial charge in [0.1, 0.15) is 0 Å². The minimum atomic E-state index is -3.76. The maximum atomic E-state index is 13.7. The summed E-state index contributed by atoms with van der Waals surface area (Å²) in [5.74, 6) is 0.268. The zero-order chi connectivity index (χ0) is 25.7. The van der Waals surface area contributed by atoms with Gasteiger partial charge in [-0.15, -0.1) is 0 Å². The predicted molar refractivity (Wildman–Crippen MR) is 135 cm³/mol. The Labute approximate surface area is 211 Å². The van der Waals surface area contributed by atoms with E-state index in [1.165, 1.54) is 6.07 Å². The van der Waals surface area contributed by atoms with Crippen molar-refractivity contribution in [1.29, 1.82) is 0 Å². The first-order chi connectivity index (χ1) is 17.1. The van der Waals surface area contributed by atoms with Crippen LogP contribution in [0.4, 0.5) is 5.69 Å². The molecule has 1 aromatic carbocycles. The van der Waals surface area contributed by atoms with Crippen molar-refractivity contribution < 1.29 is 17.9 Å². The zero-order valence-corrected chi connectivity index (χ0v) is 22.0. The summed E-state index contributed by atoms with van der Waals surface area (Å²) in [5, 5.41) is 4.22. The van der Waals surface area contributed by atoms with Crippen LogP contribution >= 0.6 is 0 Å². The summed E-state index contributed by atoms with van der Waals surface area (Å²) >= 11 is 0. The monoisotopic (exact) mass is 515 g/mol. The molecule has 0 spiro atoms. The van der Waals surface area contributed by atoms with Crippen LogP contribution in [-0.2, 0) is 28.4 Å². The van der Waals surface area contributed by atoms with Gasteiger partial charge in [-0.1, -0.05) is 0 Å². The van der Waals surface area contributed by atoms with Crippen molar-refractivity contribution in [3.05, 3.63) is 41.7 Å². The number of aromatic nitrogens is 2. The van der Waals surface area contributed by atoms with E-state index >= 15 is 0 Å². The number of rotatable bonds is 10. The third kappa shape index (κ3) is 4.90. The van der Waals surface area contributed by atoms with Crippen molar-refractivity contribution in [3.63, 3.8) is 0 Å². The average Bonchev–Trinajstić information content (AvgIpc) is 3.18. The van der Waals surface area contributed by atoms with E-state index in [4.69, 9.17) is 9.73 Å². The van der Waals surface area contributed by atoms with Crippen molar-refractivity contribution in [3.8, 4) is 0 Å². The van der Waals surface area contributed by atoms with Gasteiger partial charge in [0.05, 0.1) is 54.7 Å². The Bertz CT molecular complexity index is 1300. The van der Waals surface area contributed by atoms with E-state index in [0.29, 0.717) is 37.0 Å². The highest BCUT2D eigenvalue weighted by atomic mass is 32.2. The fourth-order valence-corrected chi connectivity index (χ4v) is 5.96. The van der Waals surface area contributed by atoms with Crippen LogP contribution in [0.2, 0.25) is 0 Å². The Kier molecular flexibility index (Phi) is 6.39. The summed E-state index contributed by atoms with van der Waals surface area (Å²) in [6.45, 7) is 4.47. The third-order valence-corrected chi connectivity index (χ3v) is 8.39. The van der Waals surface area contributed by atoms with Crippen LogP contribution < -0.4 is 9.62 Å². The lowest BCUT2D eigenvalue weighted by Gasteiger charge is -2.38. The molecule has 1 unspecified atom stereocenters. The molecule has 3 heterocycles. The fourth-order valence-electron chi connectivity index (χ4n) is 4.47. The number of sulfonamides is 1. The summed E-state index contributed by atoms with van der Waals surface area (Å²) in [4.78, 5) is 24.2. The van der Waals surface area contributed by atoms with Crippen molar-refractivity contribution in [2.45, 2.75) is 42.8 Å². The van der Waals surface area contributed by atoms with Gasteiger partial charge < -0.3 is 14.5 Å². The number of benzene rings is 1. The van der Waals surface area contributed by atoms with Gasteiger partial charge in [-0.3, -0.25) is 14.4 Å². The topological polar surface area (TPSA) is 112 Å². The number of aryl methyl sites for hydroxylation is 1. The third-order valence-electron chi connectivity index (χ3n) is 6.75. The molecular formula is C24H33N7O4S. The smallest absolute Gasteiger partial charge is 0.263 e. The SMILES string of the molecule is CN(C)CCOCC1CN=C2N(Cc3cnn(C)c3)C(=O)c3cc(S(=O)(=O)NC4(C)CC4)ccc3N21. The molecule has 12 heteroatoms. The van der Waals surface area contributed by atoms with Crippen LogP contribution in [0.25, 0.3) is 0 Å². The van der Waals surface area contributed by atoms with Crippen LogP contribution in [0, 0.1) is 0 Å². The summed E-state index contributed by atoms with van der Waals surface area (Å²) in [7, 11) is 2.05. The summed E-state index contributed by atoms with van der Waals surface area (Å²) in [6.07, 6.45) is 5.17. The number of guanidine groups is 1. The van der Waals surface area contributed by atoms with Gasteiger partial charge in [0, 0.05) is 30.9 Å². The first kappa shape index (κ1) is 24.9. The molecule has 0 saturated heterocycles. The minimum absolute atomic E-state index is 0.0856. The van der Waals surface area contributed by atoms with Gasteiger partial charge >= 0.3 is 0 Å². The van der Waals surface area contributed by atoms with E-state index in [2.05, 4.69) is 14.7 Å². The molecule has 1 fully saturated rings. The molecule has 3 aliphatic rings. The second kappa shape index (κ2) is 9.25. The zero-order valence-electron chi connectivity index (χ0n) is 21.1. The van der Waals surface area contributed by atoms with Gasteiger partial charge in [0.15, 0.2) is 0 Å². The Hall–Kier alpha value is -2.80. The van der Waals surface area contributed by atoms with E-state index in [1.807, 2.05) is 39.2 Å². The number of aliphatic imine (C=N–C) groups is 1. The van der Waals surface area contributed by atoms with Crippen molar-refractivity contribution >= 4 is 27.6 Å². The lowest BCUT2D eigenvalue weighted by Crippen LogP contribution is -2.53. The Morgan fingerprint density at radius 2 is 2.06 bits per heavy atom. The molecule has 1 N–H and O–H groups in total. The first-order valence-corrected chi connectivity index (χ1v) is 13.6. The molecule has 2 aliphatic heterocycles. The molecule has 0 radical (unpaired) electrons. The Morgan fingerprint density at radius 3 is 2.72 bits per heavy atom. The van der Waals surface area contributed by atoms with E-state index in [-0.39, 0.29) is 23.4 Å². The largest absolute Gasteiger partial charge is 0.378 e. The van der Waals surface area contributed by atoms with Crippen LogP contribution in [0.1, 0.15) is 35.7 Å². The van der Waals surface area contributed by atoms with E-state index < -0.39 is 15.6 Å². The van der Waals surface area contributed by atoms with E-state index in [1.54, 1.807) is 27.9 Å². The summed E-state index contributed by atoms with van der Waals surface area (Å²) in [6, 6.07) is 4.67. The molecule has 1 aromatic heterocycles. The molecule has 36 heavy (non-hydrogen) atoms. The highest BCUT2D eigenvalue weighted by Crippen LogP contribution is 2.38. The molecule has 1 aliphatic carbocycles. The molecule has 1 saturated carbocycles. The number of hydrogen-bond acceptors (Lipinski definition) is 8. The van der Waals surface area contributed by atoms with Gasteiger partial charge in [-0.25, -0.2) is 18.1 Å². The number of hydrogen-bond donors (Lipinski definition) is 1. The summed E-state index contributed by atoms with van der Waals surface area (Å²) < 4.78 is 36.5. The first-order valence-electron chi connectivity index (χ1n) is 12.1. The maximum absolute atomic E-state index is 13.7. The molecular weight excluding hydrogens is 482 g/mol. The molecule has 1 amide bonds. The average molecular weight is 516 g/mol. The van der Waals surface area contributed by atoms with Gasteiger partial charge in [0.2, 0.25) is 16.0 Å². The normalized spacial score (nSPS) is 20.5. The highest BCUT2D eigenvalue weighted by Gasteiger charge is 2.44. The van der Waals surface area contributed by atoms with Crippen LogP contribution in [0.3, 0.4) is 0 Å². The van der Waals surface area contributed by atoms with Crippen molar-refractivity contribution in [1.82, 2.24) is 24.3 Å². The van der Waals surface area contributed by atoms with E-state index in [9.17, 15) is 13.2 Å². The standard InChI is InChI=1S/C24H33N7O4S/c1-24(7-8-24)27-36(33,34)19-5-6-21-20(11-19)22(32)30(15-17-12-26-29(4)14-17)23-25-13-18(31(21)23)16-35-10-9-28(2)3/h5-6,11-12,14,18,27H,7-10,13,15-16H2,1-4H3. The molecule has 1 atom stereocenters. The molecule has 11 nitrogen and oxygen atoms in total. The quantitative estimate of drug-likeness (QED) is 0.471. The second-order valence-electron chi connectivity index (χ2n) is 10.3. The van der Waals surface area contributed by atoms with Crippen molar-refractivity contribution in [2.75, 3.05) is 45.3 Å². The minimum Gasteiger partial charge on any atom is -0.378 e. The highest BCUT2D eigenvalue weighted by molar-refractivity contribution is 7.89. The molecule has 194 valence electrons. The number of carbonyl (C=O) groups excluding carboxylic acids is 1. The van der Waals surface area contributed by atoms with Crippen LogP contribution in [0.15, 0.2) is 40.5 Å².